The van der Waals surface area contributed by atoms with Crippen LogP contribution < -0.4 is 10.6 Å². The van der Waals surface area contributed by atoms with Crippen molar-refractivity contribution in [1.29, 1.82) is 0 Å². The fourth-order valence-electron chi connectivity index (χ4n) is 3.19. The van der Waals surface area contributed by atoms with Gasteiger partial charge in [-0.1, -0.05) is 30.3 Å². The summed E-state index contributed by atoms with van der Waals surface area (Å²) in [7, 11) is 0. The molecule has 6 heteroatoms. The average molecular weight is 370 g/mol. The Labute approximate surface area is 155 Å². The third-order valence-electron chi connectivity index (χ3n) is 4.36. The third kappa shape index (κ3) is 3.55. The molecule has 1 fully saturated rings. The lowest BCUT2D eigenvalue weighted by atomic mass is 9.90. The van der Waals surface area contributed by atoms with Gasteiger partial charge in [-0.25, -0.2) is 0 Å². The van der Waals surface area contributed by atoms with Gasteiger partial charge in [-0.05, 0) is 29.3 Å². The Kier molecular flexibility index (Phi) is 4.72. The lowest BCUT2D eigenvalue weighted by Crippen LogP contribution is -2.30. The number of fused-ring (bicyclic) bond motifs is 1. The van der Waals surface area contributed by atoms with Crippen molar-refractivity contribution in [3.63, 3.8) is 0 Å². The van der Waals surface area contributed by atoms with E-state index < -0.39 is 5.92 Å². The molecule has 0 saturated carbocycles. The summed E-state index contributed by atoms with van der Waals surface area (Å²) >= 11 is 3.88. The van der Waals surface area contributed by atoms with E-state index in [4.69, 9.17) is 0 Å². The van der Waals surface area contributed by atoms with Crippen molar-refractivity contribution >= 4 is 46.7 Å². The number of thioether (sulfide) groups is 2. The number of hydrogen-bond donors (Lipinski definition) is 2. The molecule has 2 heterocycles. The minimum atomic E-state index is -0.455. The van der Waals surface area contributed by atoms with E-state index in [1.807, 2.05) is 66.0 Å². The highest BCUT2D eigenvalue weighted by molar-refractivity contribution is 8.19. The molecule has 128 valence electrons. The Morgan fingerprint density at radius 1 is 1.08 bits per heavy atom. The minimum absolute atomic E-state index is 0.119. The van der Waals surface area contributed by atoms with Crippen LogP contribution in [0.1, 0.15) is 28.0 Å². The van der Waals surface area contributed by atoms with Crippen molar-refractivity contribution in [2.24, 2.45) is 0 Å². The van der Waals surface area contributed by atoms with Crippen LogP contribution in [0.25, 0.3) is 0 Å². The van der Waals surface area contributed by atoms with Gasteiger partial charge in [0.05, 0.1) is 10.5 Å². The molecule has 2 amide bonds. The Morgan fingerprint density at radius 2 is 1.88 bits per heavy atom. The number of benzene rings is 2. The van der Waals surface area contributed by atoms with Crippen LogP contribution in [0.2, 0.25) is 0 Å². The van der Waals surface area contributed by atoms with Crippen molar-refractivity contribution in [1.82, 2.24) is 0 Å². The zero-order chi connectivity index (χ0) is 17.2. The van der Waals surface area contributed by atoms with Crippen molar-refractivity contribution in [3.05, 3.63) is 59.7 Å². The first-order chi connectivity index (χ1) is 12.2. The van der Waals surface area contributed by atoms with Gasteiger partial charge in [-0.15, -0.1) is 23.5 Å². The summed E-state index contributed by atoms with van der Waals surface area (Å²) in [5.74, 6) is 1.63. The second kappa shape index (κ2) is 7.14. The van der Waals surface area contributed by atoms with E-state index in [0.717, 1.165) is 16.9 Å². The SMILES string of the molecule is O=C1C[C@H](C(=O)Nc2cccc(C3SCCS3)c2)c2ccccc2N1. The molecule has 4 rings (SSSR count). The van der Waals surface area contributed by atoms with Crippen LogP contribution in [-0.4, -0.2) is 23.3 Å². The summed E-state index contributed by atoms with van der Waals surface area (Å²) in [6.45, 7) is 0. The monoisotopic (exact) mass is 370 g/mol. The summed E-state index contributed by atoms with van der Waals surface area (Å²) < 4.78 is 0.443. The van der Waals surface area contributed by atoms with E-state index in [9.17, 15) is 9.59 Å². The highest BCUT2D eigenvalue weighted by Crippen LogP contribution is 2.45. The predicted octanol–water partition coefficient (Wildman–Crippen LogP) is 4.23. The molecule has 1 atom stereocenters. The van der Waals surface area contributed by atoms with Crippen LogP contribution >= 0.6 is 23.5 Å². The van der Waals surface area contributed by atoms with Gasteiger partial charge in [0, 0.05) is 29.3 Å². The van der Waals surface area contributed by atoms with Crippen LogP contribution in [0.3, 0.4) is 0 Å². The zero-order valence-corrected chi connectivity index (χ0v) is 15.2. The molecule has 0 aliphatic carbocycles. The lowest BCUT2D eigenvalue weighted by molar-refractivity contribution is -0.123. The molecule has 2 aromatic rings. The molecular formula is C19H18N2O2S2. The average Bonchev–Trinajstić information content (AvgIpc) is 3.16. The second-order valence-electron chi connectivity index (χ2n) is 6.08. The van der Waals surface area contributed by atoms with Gasteiger partial charge < -0.3 is 10.6 Å². The van der Waals surface area contributed by atoms with E-state index in [-0.39, 0.29) is 18.2 Å². The van der Waals surface area contributed by atoms with E-state index in [0.29, 0.717) is 4.58 Å². The number of carbonyl (C=O) groups excluding carboxylic acids is 2. The quantitative estimate of drug-likeness (QED) is 0.849. The second-order valence-corrected chi connectivity index (χ2v) is 8.80. The van der Waals surface area contributed by atoms with E-state index in [1.54, 1.807) is 0 Å². The van der Waals surface area contributed by atoms with Gasteiger partial charge in [-0.2, -0.15) is 0 Å². The maximum atomic E-state index is 12.8. The molecule has 0 radical (unpaired) electrons. The maximum absolute atomic E-state index is 12.8. The van der Waals surface area contributed by atoms with Crippen LogP contribution in [0.4, 0.5) is 11.4 Å². The number of para-hydroxylation sites is 1. The normalized spacial score (nSPS) is 20.0. The first-order valence-corrected chi connectivity index (χ1v) is 10.3. The van der Waals surface area contributed by atoms with Crippen molar-refractivity contribution < 1.29 is 9.59 Å². The molecule has 1 saturated heterocycles. The fourth-order valence-corrected chi connectivity index (χ4v) is 6.03. The highest BCUT2D eigenvalue weighted by Gasteiger charge is 2.30. The standard InChI is InChI=1S/C19H18N2O2S2/c22-17-11-15(14-6-1-2-7-16(14)21-17)18(23)20-13-5-3-4-12(10-13)19-24-8-9-25-19/h1-7,10,15,19H,8-9,11H2,(H,20,23)(H,21,22)/t15-/m0/s1. The molecule has 0 bridgehead atoms. The third-order valence-corrected chi connectivity index (χ3v) is 7.47. The van der Waals surface area contributed by atoms with Crippen molar-refractivity contribution in [3.8, 4) is 0 Å². The summed E-state index contributed by atoms with van der Waals surface area (Å²) in [5, 5.41) is 5.83. The summed E-state index contributed by atoms with van der Waals surface area (Å²) in [6.07, 6.45) is 0.177. The number of hydrogen-bond acceptors (Lipinski definition) is 4. The Balaban J connectivity index is 1.54. The van der Waals surface area contributed by atoms with E-state index in [1.165, 1.54) is 17.1 Å². The zero-order valence-electron chi connectivity index (χ0n) is 13.5. The number of carbonyl (C=O) groups is 2. The molecule has 25 heavy (non-hydrogen) atoms. The van der Waals surface area contributed by atoms with Gasteiger partial charge >= 0.3 is 0 Å². The Bertz CT molecular complexity index is 819. The molecule has 0 unspecified atom stereocenters. The highest BCUT2D eigenvalue weighted by atomic mass is 32.2. The molecule has 4 nitrogen and oxygen atoms in total. The summed E-state index contributed by atoms with van der Waals surface area (Å²) in [5.41, 5.74) is 3.62. The number of anilines is 2. The van der Waals surface area contributed by atoms with Gasteiger partial charge in [0.2, 0.25) is 11.8 Å². The Hall–Kier alpha value is -1.92. The molecular weight excluding hydrogens is 352 g/mol. The molecule has 2 aliphatic heterocycles. The van der Waals surface area contributed by atoms with Crippen LogP contribution in [-0.2, 0) is 9.59 Å². The summed E-state index contributed by atoms with van der Waals surface area (Å²) in [4.78, 5) is 24.7. The molecule has 2 N–H and O–H groups in total. The first-order valence-electron chi connectivity index (χ1n) is 8.23. The van der Waals surface area contributed by atoms with Crippen LogP contribution in [0, 0.1) is 0 Å². The molecule has 2 aromatic carbocycles. The number of amides is 2. The van der Waals surface area contributed by atoms with Crippen LogP contribution in [0.5, 0.6) is 0 Å². The van der Waals surface area contributed by atoms with E-state index in [2.05, 4.69) is 16.7 Å². The number of rotatable bonds is 3. The fraction of sp³-hybridized carbons (Fsp3) is 0.263. The molecule has 2 aliphatic rings. The molecule has 0 aromatic heterocycles. The lowest BCUT2D eigenvalue weighted by Gasteiger charge is -2.24. The van der Waals surface area contributed by atoms with Gasteiger partial charge in [-0.3, -0.25) is 9.59 Å². The minimum Gasteiger partial charge on any atom is -0.326 e. The van der Waals surface area contributed by atoms with Crippen molar-refractivity contribution in [2.75, 3.05) is 22.1 Å². The van der Waals surface area contributed by atoms with E-state index >= 15 is 0 Å². The van der Waals surface area contributed by atoms with Gasteiger partial charge in [0.15, 0.2) is 0 Å². The topological polar surface area (TPSA) is 58.2 Å². The summed E-state index contributed by atoms with van der Waals surface area (Å²) in [6, 6.07) is 15.5. The van der Waals surface area contributed by atoms with Gasteiger partial charge in [0.25, 0.3) is 0 Å². The van der Waals surface area contributed by atoms with Crippen LogP contribution in [0.15, 0.2) is 48.5 Å². The smallest absolute Gasteiger partial charge is 0.232 e. The first kappa shape index (κ1) is 16.5. The predicted molar refractivity (Wildman–Crippen MR) is 105 cm³/mol. The maximum Gasteiger partial charge on any atom is 0.232 e. The van der Waals surface area contributed by atoms with Gasteiger partial charge in [0.1, 0.15) is 0 Å². The largest absolute Gasteiger partial charge is 0.326 e. The Morgan fingerprint density at radius 3 is 2.72 bits per heavy atom. The molecule has 0 spiro atoms. The van der Waals surface area contributed by atoms with Crippen molar-refractivity contribution in [2.45, 2.75) is 16.9 Å². The number of nitrogens with one attached hydrogen (secondary N) is 2.